The first-order valence-corrected chi connectivity index (χ1v) is 10.4. The van der Waals surface area contributed by atoms with Gasteiger partial charge in [0.15, 0.2) is 0 Å². The fraction of sp³-hybridized carbons (Fsp3) is 0.864. The van der Waals surface area contributed by atoms with Gasteiger partial charge in [-0.3, -0.25) is 4.79 Å². The van der Waals surface area contributed by atoms with E-state index in [9.17, 15) is 9.90 Å². The van der Waals surface area contributed by atoms with Crippen LogP contribution in [0.15, 0.2) is 12.2 Å². The lowest BCUT2D eigenvalue weighted by atomic mass is 9.45. The molecule has 1 unspecified atom stereocenters. The molecule has 0 amide bonds. The third kappa shape index (κ3) is 2.44. The van der Waals surface area contributed by atoms with Crippen LogP contribution in [0.1, 0.15) is 78.1 Å². The standard InChI is InChI=1S/C22H34O3/c1-20-11-4-3-5-15(20)6-7-16-17(20)8-12-21(2)18(16)9-13-22(21,25)14-10-19(23)24/h4,11,15-18,25H,3,5-10,12-14H2,1-2H3,(H,23,24)/t15?,16-,17+,18+,20+,21+,22-/m1/s1. The molecule has 0 aromatic heterocycles. The van der Waals surface area contributed by atoms with E-state index >= 15 is 0 Å². The van der Waals surface area contributed by atoms with Gasteiger partial charge in [-0.25, -0.2) is 0 Å². The Labute approximate surface area is 151 Å². The highest BCUT2D eigenvalue weighted by molar-refractivity contribution is 5.66. The molecule has 7 atom stereocenters. The minimum Gasteiger partial charge on any atom is -0.481 e. The van der Waals surface area contributed by atoms with Crippen LogP contribution in [0.3, 0.4) is 0 Å². The summed E-state index contributed by atoms with van der Waals surface area (Å²) >= 11 is 0. The van der Waals surface area contributed by atoms with Crippen molar-refractivity contribution in [2.45, 2.75) is 83.7 Å². The maximum absolute atomic E-state index is 11.4. The summed E-state index contributed by atoms with van der Waals surface area (Å²) in [6.45, 7) is 4.77. The lowest BCUT2D eigenvalue weighted by Gasteiger charge is -2.60. The lowest BCUT2D eigenvalue weighted by Crippen LogP contribution is -2.55. The summed E-state index contributed by atoms with van der Waals surface area (Å²) < 4.78 is 0. The fourth-order valence-electron chi connectivity index (χ4n) is 7.65. The number of aliphatic hydroxyl groups is 1. The summed E-state index contributed by atoms with van der Waals surface area (Å²) in [6, 6.07) is 0. The highest BCUT2D eigenvalue weighted by atomic mass is 16.4. The van der Waals surface area contributed by atoms with Crippen LogP contribution in [0, 0.1) is 34.5 Å². The Morgan fingerprint density at radius 3 is 2.60 bits per heavy atom. The van der Waals surface area contributed by atoms with E-state index in [-0.39, 0.29) is 11.8 Å². The second-order valence-corrected chi connectivity index (χ2v) is 9.92. The van der Waals surface area contributed by atoms with Gasteiger partial charge in [-0.2, -0.15) is 0 Å². The highest BCUT2D eigenvalue weighted by Crippen LogP contribution is 2.68. The van der Waals surface area contributed by atoms with Gasteiger partial charge in [0, 0.05) is 6.42 Å². The largest absolute Gasteiger partial charge is 0.481 e. The number of fused-ring (bicyclic) bond motifs is 5. The minimum absolute atomic E-state index is 0.0921. The number of carbonyl (C=O) groups is 1. The van der Waals surface area contributed by atoms with E-state index in [1.54, 1.807) is 0 Å². The van der Waals surface area contributed by atoms with E-state index in [2.05, 4.69) is 26.0 Å². The van der Waals surface area contributed by atoms with Gasteiger partial charge < -0.3 is 10.2 Å². The van der Waals surface area contributed by atoms with Crippen molar-refractivity contribution in [3.05, 3.63) is 12.2 Å². The SMILES string of the molecule is C[C@]12C=CCCC1CC[C@@H]1[C@@H]2CC[C@@]2(C)[C@H]1CC[C@@]2(O)CCC(=O)O. The van der Waals surface area contributed by atoms with Crippen LogP contribution >= 0.6 is 0 Å². The Balaban J connectivity index is 1.60. The Morgan fingerprint density at radius 1 is 1.08 bits per heavy atom. The predicted octanol–water partition coefficient (Wildman–Crippen LogP) is 4.79. The summed E-state index contributed by atoms with van der Waals surface area (Å²) in [4.78, 5) is 11.1. The lowest BCUT2D eigenvalue weighted by molar-refractivity contribution is -0.150. The van der Waals surface area contributed by atoms with Crippen molar-refractivity contribution < 1.29 is 15.0 Å². The van der Waals surface area contributed by atoms with E-state index < -0.39 is 11.6 Å². The molecule has 4 rings (SSSR count). The molecule has 3 nitrogen and oxygen atoms in total. The maximum atomic E-state index is 11.4. The van der Waals surface area contributed by atoms with Crippen molar-refractivity contribution >= 4 is 5.97 Å². The Morgan fingerprint density at radius 2 is 1.84 bits per heavy atom. The van der Waals surface area contributed by atoms with Gasteiger partial charge in [0.1, 0.15) is 0 Å². The second-order valence-electron chi connectivity index (χ2n) is 9.92. The molecular formula is C22H34O3. The van der Waals surface area contributed by atoms with E-state index in [0.29, 0.717) is 23.7 Å². The van der Waals surface area contributed by atoms with Crippen LogP contribution in [0.4, 0.5) is 0 Å². The fourth-order valence-corrected chi connectivity index (χ4v) is 7.65. The molecular weight excluding hydrogens is 312 g/mol. The van der Waals surface area contributed by atoms with Crippen molar-refractivity contribution in [3.63, 3.8) is 0 Å². The average molecular weight is 347 g/mol. The first-order chi connectivity index (χ1) is 11.8. The topological polar surface area (TPSA) is 57.5 Å². The smallest absolute Gasteiger partial charge is 0.303 e. The van der Waals surface area contributed by atoms with Crippen LogP contribution < -0.4 is 0 Å². The molecule has 25 heavy (non-hydrogen) atoms. The molecule has 3 saturated carbocycles. The number of carboxylic acid groups (broad SMARTS) is 1. The monoisotopic (exact) mass is 346 g/mol. The number of carboxylic acids is 1. The van der Waals surface area contributed by atoms with Crippen molar-refractivity contribution in [1.82, 2.24) is 0 Å². The first-order valence-electron chi connectivity index (χ1n) is 10.4. The molecule has 3 fully saturated rings. The van der Waals surface area contributed by atoms with Gasteiger partial charge in [0.25, 0.3) is 0 Å². The molecule has 0 aromatic rings. The molecule has 0 radical (unpaired) electrons. The third-order valence-corrected chi connectivity index (χ3v) is 9.20. The minimum atomic E-state index is -0.783. The quantitative estimate of drug-likeness (QED) is 0.722. The van der Waals surface area contributed by atoms with Crippen molar-refractivity contribution in [3.8, 4) is 0 Å². The number of allylic oxidation sites excluding steroid dienone is 2. The molecule has 4 aliphatic carbocycles. The molecule has 0 aliphatic heterocycles. The van der Waals surface area contributed by atoms with E-state index in [1.165, 1.54) is 32.1 Å². The number of hydrogen-bond acceptors (Lipinski definition) is 2. The normalized spacial score (nSPS) is 51.5. The Hall–Kier alpha value is -0.830. The van der Waals surface area contributed by atoms with Crippen molar-refractivity contribution in [2.24, 2.45) is 34.5 Å². The molecule has 0 aromatic carbocycles. The summed E-state index contributed by atoms with van der Waals surface area (Å²) in [5, 5.41) is 20.5. The van der Waals surface area contributed by atoms with Gasteiger partial charge >= 0.3 is 5.97 Å². The molecule has 0 heterocycles. The maximum Gasteiger partial charge on any atom is 0.303 e. The summed E-state index contributed by atoms with van der Waals surface area (Å²) in [7, 11) is 0. The molecule has 0 bridgehead atoms. The van der Waals surface area contributed by atoms with Gasteiger partial charge in [-0.15, -0.1) is 0 Å². The van der Waals surface area contributed by atoms with E-state index in [0.717, 1.165) is 31.1 Å². The van der Waals surface area contributed by atoms with Crippen LogP contribution in [-0.2, 0) is 4.79 Å². The Kier molecular flexibility index (Phi) is 4.10. The third-order valence-electron chi connectivity index (χ3n) is 9.20. The van der Waals surface area contributed by atoms with Crippen LogP contribution in [-0.4, -0.2) is 21.8 Å². The van der Waals surface area contributed by atoms with E-state index in [1.807, 2.05) is 0 Å². The summed E-state index contributed by atoms with van der Waals surface area (Å²) in [5.41, 5.74) is -0.517. The zero-order chi connectivity index (χ0) is 17.9. The Bertz CT molecular complexity index is 584. The molecule has 0 spiro atoms. The van der Waals surface area contributed by atoms with E-state index in [4.69, 9.17) is 5.11 Å². The molecule has 2 N–H and O–H groups in total. The van der Waals surface area contributed by atoms with Gasteiger partial charge in [-0.05, 0) is 92.3 Å². The summed E-state index contributed by atoms with van der Waals surface area (Å²) in [5.74, 6) is 2.09. The average Bonchev–Trinajstić information content (AvgIpc) is 2.84. The molecule has 0 saturated heterocycles. The highest BCUT2D eigenvalue weighted by Gasteiger charge is 2.63. The first kappa shape index (κ1) is 17.6. The number of aliphatic carboxylic acids is 1. The van der Waals surface area contributed by atoms with Gasteiger partial charge in [0.2, 0.25) is 0 Å². The molecule has 4 aliphatic rings. The van der Waals surface area contributed by atoms with Crippen LogP contribution in [0.25, 0.3) is 0 Å². The second kappa shape index (κ2) is 5.84. The van der Waals surface area contributed by atoms with Crippen molar-refractivity contribution in [1.29, 1.82) is 0 Å². The van der Waals surface area contributed by atoms with Gasteiger partial charge in [0.05, 0.1) is 5.60 Å². The molecule has 140 valence electrons. The predicted molar refractivity (Wildman–Crippen MR) is 98.1 cm³/mol. The number of rotatable bonds is 3. The van der Waals surface area contributed by atoms with Gasteiger partial charge in [-0.1, -0.05) is 26.0 Å². The zero-order valence-corrected chi connectivity index (χ0v) is 15.8. The van der Waals surface area contributed by atoms with Crippen molar-refractivity contribution in [2.75, 3.05) is 0 Å². The number of hydrogen-bond donors (Lipinski definition) is 2. The zero-order valence-electron chi connectivity index (χ0n) is 15.8. The van der Waals surface area contributed by atoms with Crippen LogP contribution in [0.5, 0.6) is 0 Å². The molecule has 3 heteroatoms. The summed E-state index contributed by atoms with van der Waals surface area (Å²) in [6.07, 6.45) is 14.8. The van der Waals surface area contributed by atoms with Crippen LogP contribution in [0.2, 0.25) is 0 Å².